The van der Waals surface area contributed by atoms with Gasteiger partial charge >= 0.3 is 0 Å². The molecule has 4 rings (SSSR count). The molecule has 1 fully saturated rings. The average Bonchev–Trinajstić information content (AvgIpc) is 3.45. The maximum Gasteiger partial charge on any atom is 0.147 e. The number of anilines is 1. The van der Waals surface area contributed by atoms with Gasteiger partial charge in [0.25, 0.3) is 0 Å². The molecule has 0 aromatic heterocycles. The molecule has 0 bridgehead atoms. The van der Waals surface area contributed by atoms with Gasteiger partial charge in [0.15, 0.2) is 0 Å². The van der Waals surface area contributed by atoms with Gasteiger partial charge in [0.2, 0.25) is 0 Å². The van der Waals surface area contributed by atoms with Crippen LogP contribution in [-0.4, -0.2) is 25.1 Å². The molecular weight excluding hydrogens is 399 g/mol. The van der Waals surface area contributed by atoms with Crippen molar-refractivity contribution in [1.29, 1.82) is 0 Å². The number of rotatable bonds is 7. The number of halogens is 1. The second-order valence-corrected chi connectivity index (χ2v) is 8.93. The van der Waals surface area contributed by atoms with E-state index in [0.29, 0.717) is 18.2 Å². The Hall–Kier alpha value is -3.21. The van der Waals surface area contributed by atoms with Gasteiger partial charge in [0.1, 0.15) is 11.7 Å². The molecule has 2 aliphatic carbocycles. The molecule has 166 valence electrons. The number of fused-ring (bicyclic) bond motifs is 1. The minimum absolute atomic E-state index is 0.249. The third-order valence-electron chi connectivity index (χ3n) is 6.38. The third kappa shape index (κ3) is 4.67. The smallest absolute Gasteiger partial charge is 0.147 e. The van der Waals surface area contributed by atoms with E-state index in [-0.39, 0.29) is 11.9 Å². The zero-order chi connectivity index (χ0) is 22.8. The Bertz CT molecular complexity index is 1110. The van der Waals surface area contributed by atoms with Crippen LogP contribution < -0.4 is 10.6 Å². The van der Waals surface area contributed by atoms with Crippen LogP contribution in [0.15, 0.2) is 64.2 Å². The summed E-state index contributed by atoms with van der Waals surface area (Å²) in [5.41, 5.74) is 6.73. The highest BCUT2D eigenvalue weighted by Crippen LogP contribution is 2.50. The highest BCUT2D eigenvalue weighted by atomic mass is 19.1. The van der Waals surface area contributed by atoms with Crippen LogP contribution in [0, 0.1) is 38.4 Å². The maximum absolute atomic E-state index is 14.2. The highest BCUT2D eigenvalue weighted by molar-refractivity contribution is 6.03. The van der Waals surface area contributed by atoms with Gasteiger partial charge in [-0.1, -0.05) is 30.7 Å². The second kappa shape index (κ2) is 9.11. The molecule has 2 N–H and O–H groups in total. The Balaban J connectivity index is 1.52. The Morgan fingerprint density at radius 2 is 2.00 bits per heavy atom. The summed E-state index contributed by atoms with van der Waals surface area (Å²) in [7, 11) is 0. The number of aryl methyl sites for hydroxylation is 3. The lowest BCUT2D eigenvalue weighted by molar-refractivity contribution is 0.461. The first-order valence-corrected chi connectivity index (χ1v) is 11.1. The molecular formula is C27H31FN4. The van der Waals surface area contributed by atoms with Gasteiger partial charge in [0.05, 0.1) is 17.9 Å². The number of hydrogen-bond donors (Lipinski definition) is 2. The van der Waals surface area contributed by atoms with Gasteiger partial charge in [-0.3, -0.25) is 9.98 Å². The van der Waals surface area contributed by atoms with Gasteiger partial charge in [0, 0.05) is 11.6 Å². The van der Waals surface area contributed by atoms with Crippen molar-refractivity contribution in [2.45, 2.75) is 40.2 Å². The van der Waals surface area contributed by atoms with Crippen LogP contribution in [0.25, 0.3) is 0 Å². The number of nitrogens with zero attached hydrogens (tertiary/aromatic N) is 2. The monoisotopic (exact) mass is 430 g/mol. The molecule has 2 aliphatic rings. The molecule has 4 nitrogen and oxygen atoms in total. The van der Waals surface area contributed by atoms with E-state index in [2.05, 4.69) is 41.4 Å². The van der Waals surface area contributed by atoms with Crippen molar-refractivity contribution in [3.05, 3.63) is 82.3 Å². The van der Waals surface area contributed by atoms with Crippen LogP contribution in [-0.2, 0) is 0 Å². The minimum atomic E-state index is -0.249. The predicted octanol–water partition coefficient (Wildman–Crippen LogP) is 6.01. The van der Waals surface area contributed by atoms with Gasteiger partial charge in [-0.25, -0.2) is 4.39 Å². The molecule has 0 radical (unpaired) electrons. The summed E-state index contributed by atoms with van der Waals surface area (Å²) in [5.74, 6) is 1.84. The van der Waals surface area contributed by atoms with Crippen LogP contribution in [0.1, 0.15) is 35.6 Å². The third-order valence-corrected chi connectivity index (χ3v) is 6.38. The number of amidine groups is 1. The fourth-order valence-electron chi connectivity index (χ4n) is 4.49. The minimum Gasteiger partial charge on any atom is -0.363 e. The summed E-state index contributed by atoms with van der Waals surface area (Å²) in [5, 5.41) is 6.70. The van der Waals surface area contributed by atoms with Crippen molar-refractivity contribution in [3.8, 4) is 0 Å². The standard InChI is InChI=1S/C27H31FN4/c1-16-7-8-21(25(13-16)29-5)27(32-24-15-20-14-22(20)19(24)4)31-10-6-9-30-26-18(3)11-17(2)12-23(26)28/h6-9,11-13,15,19,22,24,30H,5,10,14H2,1-4H3,(H,31,32)/b9-6+. The lowest BCUT2D eigenvalue weighted by Crippen LogP contribution is -2.38. The predicted molar refractivity (Wildman–Crippen MR) is 133 cm³/mol. The van der Waals surface area contributed by atoms with Crippen LogP contribution in [0.3, 0.4) is 0 Å². The van der Waals surface area contributed by atoms with Crippen molar-refractivity contribution in [3.63, 3.8) is 0 Å². The zero-order valence-electron chi connectivity index (χ0n) is 19.2. The molecule has 0 amide bonds. The van der Waals surface area contributed by atoms with E-state index in [1.165, 1.54) is 12.5 Å². The van der Waals surface area contributed by atoms with Crippen LogP contribution in [0.2, 0.25) is 0 Å². The Morgan fingerprint density at radius 3 is 2.69 bits per heavy atom. The molecule has 5 heteroatoms. The van der Waals surface area contributed by atoms with Crippen molar-refractivity contribution < 1.29 is 4.39 Å². The van der Waals surface area contributed by atoms with Crippen LogP contribution in [0.5, 0.6) is 0 Å². The van der Waals surface area contributed by atoms with Crippen molar-refractivity contribution >= 4 is 23.9 Å². The molecule has 3 atom stereocenters. The Labute approximate surface area is 190 Å². The number of aliphatic imine (C=N–C) groups is 2. The van der Waals surface area contributed by atoms with Gasteiger partial charge < -0.3 is 10.6 Å². The van der Waals surface area contributed by atoms with E-state index in [9.17, 15) is 4.39 Å². The zero-order valence-corrected chi connectivity index (χ0v) is 19.2. The Kier molecular flexibility index (Phi) is 6.26. The molecule has 1 saturated carbocycles. The van der Waals surface area contributed by atoms with Gasteiger partial charge in [-0.15, -0.1) is 0 Å². The first-order valence-electron chi connectivity index (χ1n) is 11.1. The van der Waals surface area contributed by atoms with Crippen LogP contribution in [0.4, 0.5) is 15.8 Å². The van der Waals surface area contributed by atoms with E-state index in [0.717, 1.165) is 39.7 Å². The quantitative estimate of drug-likeness (QED) is 0.321. The van der Waals surface area contributed by atoms with E-state index in [1.54, 1.807) is 11.8 Å². The normalized spacial score (nSPS) is 22.0. The number of benzene rings is 2. The maximum atomic E-state index is 14.2. The van der Waals surface area contributed by atoms with Crippen molar-refractivity contribution in [2.24, 2.45) is 21.8 Å². The van der Waals surface area contributed by atoms with Crippen LogP contribution >= 0.6 is 0 Å². The SMILES string of the molecule is C=Nc1cc(C)ccc1C(=NC/C=C/Nc1c(C)cc(C)cc1F)NC1C=C2CC2C1C. The lowest BCUT2D eigenvalue weighted by atomic mass is 10.00. The summed E-state index contributed by atoms with van der Waals surface area (Å²) < 4.78 is 14.2. The number of allylic oxidation sites excluding steroid dienone is 1. The van der Waals surface area contributed by atoms with Crippen molar-refractivity contribution in [2.75, 3.05) is 11.9 Å². The first kappa shape index (κ1) is 22.0. The molecule has 2 aromatic rings. The molecule has 0 spiro atoms. The van der Waals surface area contributed by atoms with Gasteiger partial charge in [-0.05, 0) is 92.9 Å². The number of nitrogens with one attached hydrogen (secondary N) is 2. The fourth-order valence-corrected chi connectivity index (χ4v) is 4.49. The second-order valence-electron chi connectivity index (χ2n) is 8.93. The summed E-state index contributed by atoms with van der Waals surface area (Å²) in [4.78, 5) is 9.05. The van der Waals surface area contributed by atoms with E-state index in [4.69, 9.17) is 4.99 Å². The summed E-state index contributed by atoms with van der Waals surface area (Å²) >= 11 is 0. The average molecular weight is 431 g/mol. The first-order chi connectivity index (χ1) is 15.4. The van der Waals surface area contributed by atoms with Crippen molar-refractivity contribution in [1.82, 2.24) is 5.32 Å². The fraction of sp³-hybridized carbons (Fsp3) is 0.333. The Morgan fingerprint density at radius 1 is 1.19 bits per heavy atom. The molecule has 0 aliphatic heterocycles. The summed E-state index contributed by atoms with van der Waals surface area (Å²) in [6.45, 7) is 12.3. The lowest BCUT2D eigenvalue weighted by Gasteiger charge is -2.22. The van der Waals surface area contributed by atoms with Gasteiger partial charge in [-0.2, -0.15) is 0 Å². The molecule has 0 heterocycles. The van der Waals surface area contributed by atoms with E-state index >= 15 is 0 Å². The summed E-state index contributed by atoms with van der Waals surface area (Å²) in [6, 6.07) is 9.90. The van der Waals surface area contributed by atoms with E-state index in [1.807, 2.05) is 45.0 Å². The highest BCUT2D eigenvalue weighted by Gasteiger charge is 2.44. The molecule has 32 heavy (non-hydrogen) atoms. The topological polar surface area (TPSA) is 48.8 Å². The van der Waals surface area contributed by atoms with E-state index < -0.39 is 0 Å². The molecule has 2 aromatic carbocycles. The molecule has 0 saturated heterocycles. The largest absolute Gasteiger partial charge is 0.363 e. The summed E-state index contributed by atoms with van der Waals surface area (Å²) in [6.07, 6.45) is 7.22. The molecule has 3 unspecified atom stereocenters. The number of hydrogen-bond acceptors (Lipinski definition) is 3.